The topological polar surface area (TPSA) is 79.8 Å². The summed E-state index contributed by atoms with van der Waals surface area (Å²) in [6.07, 6.45) is 2.17. The molecule has 1 amide bonds. The number of benzene rings is 2. The van der Waals surface area contributed by atoms with Crippen LogP contribution < -0.4 is 19.9 Å². The second kappa shape index (κ2) is 9.54. The molecule has 3 aliphatic rings. The lowest BCUT2D eigenvalue weighted by atomic mass is 10.1. The summed E-state index contributed by atoms with van der Waals surface area (Å²) in [4.78, 5) is 27.0. The van der Waals surface area contributed by atoms with Crippen LogP contribution in [0.3, 0.4) is 0 Å². The predicted molar refractivity (Wildman–Crippen MR) is 133 cm³/mol. The van der Waals surface area contributed by atoms with E-state index in [9.17, 15) is 4.79 Å². The molecule has 1 aromatic heterocycles. The van der Waals surface area contributed by atoms with Gasteiger partial charge in [-0.25, -0.2) is 4.98 Å². The molecule has 35 heavy (non-hydrogen) atoms. The second-order valence-corrected chi connectivity index (χ2v) is 9.26. The standard InChI is InChI=1S/C27H29N5O3/c33-26(28-17-19-10-11-19)21-16-25(31-12-14-34-15-13-31)30-27(29-21)32-18-24(20-6-2-1-3-7-20)35-23-9-5-4-8-22(23)32/h1-9,16,19,24H,10-15,17-18H2,(H,28,33). The molecule has 8 nitrogen and oxygen atoms in total. The number of para-hydroxylation sites is 2. The Kier molecular flexibility index (Phi) is 5.96. The molecular formula is C27H29N5O3. The summed E-state index contributed by atoms with van der Waals surface area (Å²) in [5.41, 5.74) is 2.36. The summed E-state index contributed by atoms with van der Waals surface area (Å²) < 4.78 is 11.9. The number of carbonyl (C=O) groups is 1. The van der Waals surface area contributed by atoms with Crippen LogP contribution in [0.15, 0.2) is 60.7 Å². The molecule has 1 aliphatic carbocycles. The number of morpholine rings is 1. The van der Waals surface area contributed by atoms with Gasteiger partial charge in [-0.05, 0) is 36.5 Å². The van der Waals surface area contributed by atoms with Crippen LogP contribution in [0.5, 0.6) is 5.75 Å². The third-order valence-electron chi connectivity index (χ3n) is 6.70. The number of ether oxygens (including phenoxy) is 2. The highest BCUT2D eigenvalue weighted by Gasteiger charge is 2.31. The van der Waals surface area contributed by atoms with Gasteiger partial charge >= 0.3 is 0 Å². The lowest BCUT2D eigenvalue weighted by Crippen LogP contribution is -2.38. The van der Waals surface area contributed by atoms with Gasteiger partial charge in [0.25, 0.3) is 5.91 Å². The van der Waals surface area contributed by atoms with Gasteiger partial charge in [0.15, 0.2) is 0 Å². The van der Waals surface area contributed by atoms with Crippen molar-refractivity contribution in [3.63, 3.8) is 0 Å². The minimum atomic E-state index is -0.186. The molecule has 1 atom stereocenters. The van der Waals surface area contributed by atoms with E-state index in [-0.39, 0.29) is 12.0 Å². The quantitative estimate of drug-likeness (QED) is 0.587. The maximum Gasteiger partial charge on any atom is 0.270 e. The first-order valence-corrected chi connectivity index (χ1v) is 12.3. The predicted octanol–water partition coefficient (Wildman–Crippen LogP) is 3.72. The zero-order valence-corrected chi connectivity index (χ0v) is 19.6. The van der Waals surface area contributed by atoms with Crippen molar-refractivity contribution in [2.24, 2.45) is 5.92 Å². The van der Waals surface area contributed by atoms with Crippen LogP contribution >= 0.6 is 0 Å². The maximum atomic E-state index is 13.1. The number of amides is 1. The summed E-state index contributed by atoms with van der Waals surface area (Å²) in [7, 11) is 0. The van der Waals surface area contributed by atoms with Crippen molar-refractivity contribution in [3.8, 4) is 5.75 Å². The van der Waals surface area contributed by atoms with E-state index in [1.165, 1.54) is 12.8 Å². The SMILES string of the molecule is O=C(NCC1CC1)c1cc(N2CCOCC2)nc(N2CC(c3ccccc3)Oc3ccccc32)n1. The molecule has 1 unspecified atom stereocenters. The summed E-state index contributed by atoms with van der Waals surface area (Å²) in [6.45, 7) is 3.97. The Morgan fingerprint density at radius 2 is 1.77 bits per heavy atom. The van der Waals surface area contributed by atoms with Gasteiger partial charge in [-0.3, -0.25) is 4.79 Å². The lowest BCUT2D eigenvalue weighted by Gasteiger charge is -2.36. The van der Waals surface area contributed by atoms with Crippen molar-refractivity contribution < 1.29 is 14.3 Å². The van der Waals surface area contributed by atoms with E-state index in [0.29, 0.717) is 43.9 Å². The third-order valence-corrected chi connectivity index (χ3v) is 6.70. The Hall–Kier alpha value is -3.65. The van der Waals surface area contributed by atoms with Crippen molar-refractivity contribution >= 4 is 23.4 Å². The van der Waals surface area contributed by atoms with Gasteiger partial charge in [0.1, 0.15) is 23.4 Å². The molecule has 3 heterocycles. The first-order valence-electron chi connectivity index (χ1n) is 12.3. The third kappa shape index (κ3) is 4.79. The molecule has 2 fully saturated rings. The van der Waals surface area contributed by atoms with Crippen LogP contribution in [0.25, 0.3) is 0 Å². The lowest BCUT2D eigenvalue weighted by molar-refractivity contribution is 0.0946. The zero-order valence-electron chi connectivity index (χ0n) is 19.6. The molecule has 1 saturated heterocycles. The molecule has 0 spiro atoms. The molecule has 8 heteroatoms. The first kappa shape index (κ1) is 21.9. The van der Waals surface area contributed by atoms with Crippen LogP contribution in [0.2, 0.25) is 0 Å². The highest BCUT2D eigenvalue weighted by Crippen LogP contribution is 2.41. The van der Waals surface area contributed by atoms with Gasteiger partial charge in [0, 0.05) is 25.7 Å². The number of anilines is 3. The van der Waals surface area contributed by atoms with Crippen molar-refractivity contribution in [1.29, 1.82) is 0 Å². The van der Waals surface area contributed by atoms with E-state index >= 15 is 0 Å². The molecular weight excluding hydrogens is 442 g/mol. The molecule has 2 aromatic carbocycles. The van der Waals surface area contributed by atoms with E-state index in [2.05, 4.69) is 27.2 Å². The van der Waals surface area contributed by atoms with Gasteiger partial charge < -0.3 is 24.6 Å². The molecule has 0 radical (unpaired) electrons. The smallest absolute Gasteiger partial charge is 0.270 e. The number of carbonyl (C=O) groups excluding carboxylic acids is 1. The fourth-order valence-electron chi connectivity index (χ4n) is 4.53. The molecule has 2 aliphatic heterocycles. The monoisotopic (exact) mass is 471 g/mol. The number of fused-ring (bicyclic) bond motifs is 1. The fraction of sp³-hybridized carbons (Fsp3) is 0.370. The molecule has 3 aromatic rings. The number of rotatable bonds is 6. The zero-order chi connectivity index (χ0) is 23.6. The second-order valence-electron chi connectivity index (χ2n) is 9.26. The van der Waals surface area contributed by atoms with E-state index in [1.807, 2.05) is 42.5 Å². The van der Waals surface area contributed by atoms with E-state index in [0.717, 1.165) is 35.9 Å². The normalized spacial score (nSPS) is 19.6. The fourth-order valence-corrected chi connectivity index (χ4v) is 4.53. The molecule has 180 valence electrons. The van der Waals surface area contributed by atoms with E-state index in [4.69, 9.17) is 19.4 Å². The summed E-state index contributed by atoms with van der Waals surface area (Å²) >= 11 is 0. The largest absolute Gasteiger partial charge is 0.482 e. The summed E-state index contributed by atoms with van der Waals surface area (Å²) in [5.74, 6) is 2.46. The van der Waals surface area contributed by atoms with E-state index < -0.39 is 0 Å². The maximum absolute atomic E-state index is 13.1. The highest BCUT2D eigenvalue weighted by molar-refractivity contribution is 5.93. The Morgan fingerprint density at radius 3 is 2.57 bits per heavy atom. The van der Waals surface area contributed by atoms with Crippen molar-refractivity contribution in [2.45, 2.75) is 18.9 Å². The minimum absolute atomic E-state index is 0.156. The minimum Gasteiger partial charge on any atom is -0.482 e. The first-order chi connectivity index (χ1) is 17.2. The Balaban J connectivity index is 1.39. The molecule has 6 rings (SSSR count). The van der Waals surface area contributed by atoms with Gasteiger partial charge in [0.2, 0.25) is 5.95 Å². The molecule has 0 bridgehead atoms. The van der Waals surface area contributed by atoms with Crippen LogP contribution in [0, 0.1) is 5.92 Å². The summed E-state index contributed by atoms with van der Waals surface area (Å²) in [5, 5.41) is 3.06. The van der Waals surface area contributed by atoms with Crippen LogP contribution in [0.4, 0.5) is 17.5 Å². The highest BCUT2D eigenvalue weighted by atomic mass is 16.5. The van der Waals surface area contributed by atoms with Gasteiger partial charge in [0.05, 0.1) is 25.4 Å². The number of hydrogen-bond acceptors (Lipinski definition) is 7. The number of nitrogens with one attached hydrogen (secondary N) is 1. The number of hydrogen-bond donors (Lipinski definition) is 1. The average molecular weight is 472 g/mol. The van der Waals surface area contributed by atoms with Gasteiger partial charge in [-0.1, -0.05) is 42.5 Å². The van der Waals surface area contributed by atoms with Gasteiger partial charge in [-0.2, -0.15) is 4.98 Å². The van der Waals surface area contributed by atoms with Crippen LogP contribution in [0.1, 0.15) is 35.0 Å². The Labute approximate surface area is 204 Å². The average Bonchev–Trinajstić information content (AvgIpc) is 3.76. The van der Waals surface area contributed by atoms with Crippen molar-refractivity contribution in [1.82, 2.24) is 15.3 Å². The summed E-state index contributed by atoms with van der Waals surface area (Å²) in [6, 6.07) is 19.9. The Bertz CT molecular complexity index is 1190. The van der Waals surface area contributed by atoms with Crippen molar-refractivity contribution in [2.75, 3.05) is 49.2 Å². The van der Waals surface area contributed by atoms with Crippen molar-refractivity contribution in [3.05, 3.63) is 71.9 Å². The van der Waals surface area contributed by atoms with Crippen LogP contribution in [-0.4, -0.2) is 55.3 Å². The number of aromatic nitrogens is 2. The number of nitrogens with zero attached hydrogens (tertiary/aromatic N) is 4. The van der Waals surface area contributed by atoms with E-state index in [1.54, 1.807) is 6.07 Å². The Morgan fingerprint density at radius 1 is 1.00 bits per heavy atom. The van der Waals surface area contributed by atoms with Crippen LogP contribution in [-0.2, 0) is 4.74 Å². The molecule has 1 N–H and O–H groups in total. The molecule has 1 saturated carbocycles. The van der Waals surface area contributed by atoms with Gasteiger partial charge in [-0.15, -0.1) is 0 Å².